The summed E-state index contributed by atoms with van der Waals surface area (Å²) < 4.78 is 2.31. The molecule has 1 aliphatic carbocycles. The molecule has 1 N–H and O–H groups in total. The number of rotatable bonds is 4. The summed E-state index contributed by atoms with van der Waals surface area (Å²) in [6.07, 6.45) is 16.9. The maximum atomic E-state index is 4.48. The molecule has 4 heterocycles. The van der Waals surface area contributed by atoms with Gasteiger partial charge in [0.1, 0.15) is 17.8 Å². The van der Waals surface area contributed by atoms with Gasteiger partial charge < -0.3 is 9.88 Å². The topological polar surface area (TPSA) is 60.2 Å². The van der Waals surface area contributed by atoms with Crippen LogP contribution in [0.5, 0.6) is 0 Å². The van der Waals surface area contributed by atoms with Gasteiger partial charge in [-0.1, -0.05) is 0 Å². The van der Waals surface area contributed by atoms with Gasteiger partial charge in [-0.15, -0.1) is 0 Å². The number of aliphatic imine (C=N–C) groups is 1. The number of nitrogens with zero attached hydrogens (tertiary/aromatic N) is 5. The van der Waals surface area contributed by atoms with Crippen molar-refractivity contribution in [3.8, 4) is 0 Å². The van der Waals surface area contributed by atoms with E-state index in [1.54, 1.807) is 6.33 Å². The van der Waals surface area contributed by atoms with Gasteiger partial charge in [0.2, 0.25) is 0 Å². The molecule has 6 nitrogen and oxygen atoms in total. The molecule has 0 aromatic carbocycles. The number of hydrogen-bond acceptors (Lipinski definition) is 4. The van der Waals surface area contributed by atoms with Gasteiger partial charge in [-0.3, -0.25) is 4.99 Å². The third-order valence-corrected chi connectivity index (χ3v) is 5.25. The van der Waals surface area contributed by atoms with Crippen LogP contribution in [0.3, 0.4) is 0 Å². The average Bonchev–Trinajstić information content (AvgIpc) is 3.35. The molecule has 2 aromatic heterocycles. The van der Waals surface area contributed by atoms with E-state index in [0.29, 0.717) is 5.92 Å². The van der Waals surface area contributed by atoms with Crippen LogP contribution in [0.25, 0.3) is 11.0 Å². The molecule has 6 heteroatoms. The molecule has 0 radical (unpaired) electrons. The molecule has 3 aliphatic rings. The number of likely N-dealkylation sites (N-methyl/N-ethyl adjacent to an activating group) is 1. The molecule has 0 amide bonds. The summed E-state index contributed by atoms with van der Waals surface area (Å²) in [6.45, 7) is 2.00. The van der Waals surface area contributed by atoms with E-state index in [-0.39, 0.29) is 0 Å². The molecule has 1 unspecified atom stereocenters. The first-order valence-corrected chi connectivity index (χ1v) is 9.04. The first kappa shape index (κ1) is 15.3. The Bertz CT molecular complexity index is 1020. The molecule has 5 rings (SSSR count). The van der Waals surface area contributed by atoms with Crippen LogP contribution in [0.1, 0.15) is 12.8 Å². The Morgan fingerprint density at radius 3 is 3.08 bits per heavy atom. The summed E-state index contributed by atoms with van der Waals surface area (Å²) >= 11 is 0. The minimum atomic E-state index is 0.654. The fraction of sp³-hybridized carbons (Fsp3) is 0.300. The van der Waals surface area contributed by atoms with Crippen LogP contribution in [-0.2, 0) is 0 Å². The van der Waals surface area contributed by atoms with Gasteiger partial charge in [0.05, 0.1) is 16.5 Å². The lowest BCUT2D eigenvalue weighted by atomic mass is 10.0. The standard InChI is InChI=1S/C20H21N6/c1-25(20-18-4-6-22-19(18)23-13-24-20)17-7-15-11-26(12-16(15)8-17)10-14-3-2-5-21-9-14/h4-8,11-14H,2-3,9-10H2,1H3,(H,22,23,24)/q+1. The van der Waals surface area contributed by atoms with Crippen molar-refractivity contribution in [2.24, 2.45) is 10.9 Å². The van der Waals surface area contributed by atoms with Gasteiger partial charge >= 0.3 is 0 Å². The van der Waals surface area contributed by atoms with Crippen molar-refractivity contribution in [3.63, 3.8) is 0 Å². The van der Waals surface area contributed by atoms with Gasteiger partial charge in [-0.05, 0) is 37.3 Å². The van der Waals surface area contributed by atoms with Crippen LogP contribution in [0.15, 0.2) is 58.8 Å². The van der Waals surface area contributed by atoms with E-state index in [2.05, 4.69) is 67.2 Å². The van der Waals surface area contributed by atoms with Gasteiger partial charge in [0.25, 0.3) is 0 Å². The Hall–Kier alpha value is -3.02. The van der Waals surface area contributed by atoms with Gasteiger partial charge in [-0.2, -0.15) is 0 Å². The average molecular weight is 345 g/mol. The van der Waals surface area contributed by atoms with Crippen LogP contribution in [0, 0.1) is 5.92 Å². The second kappa shape index (κ2) is 6.05. The first-order valence-electron chi connectivity index (χ1n) is 9.04. The highest BCUT2D eigenvalue weighted by molar-refractivity contribution is 5.91. The fourth-order valence-corrected chi connectivity index (χ4v) is 3.86. The Kier molecular flexibility index (Phi) is 3.55. The largest absolute Gasteiger partial charge is 0.346 e. The minimum absolute atomic E-state index is 0.654. The minimum Gasteiger partial charge on any atom is -0.346 e. The number of aromatic amines is 1. The fourth-order valence-electron chi connectivity index (χ4n) is 3.86. The lowest BCUT2D eigenvalue weighted by Gasteiger charge is -2.18. The number of allylic oxidation sites excluding steroid dienone is 4. The lowest BCUT2D eigenvalue weighted by Crippen LogP contribution is -2.21. The Morgan fingerprint density at radius 1 is 1.27 bits per heavy atom. The van der Waals surface area contributed by atoms with Crippen molar-refractivity contribution in [2.75, 3.05) is 25.0 Å². The third kappa shape index (κ3) is 2.58. The SMILES string of the molecule is CN(C1=CC2=C[N+](CC3CCC=NC3)=CC2=C1)c1ncnc2[nH]ccc12. The molecule has 0 saturated carbocycles. The molecular formula is C20H21N6+. The van der Waals surface area contributed by atoms with Gasteiger partial charge in [-0.25, -0.2) is 14.5 Å². The molecule has 0 saturated heterocycles. The first-order chi connectivity index (χ1) is 12.8. The molecule has 2 aromatic rings. The summed E-state index contributed by atoms with van der Waals surface area (Å²) in [5.74, 6) is 1.57. The van der Waals surface area contributed by atoms with Crippen LogP contribution < -0.4 is 4.90 Å². The van der Waals surface area contributed by atoms with Crippen LogP contribution in [0.4, 0.5) is 5.82 Å². The Balaban J connectivity index is 1.36. The molecule has 0 bridgehead atoms. The molecule has 0 spiro atoms. The van der Waals surface area contributed by atoms with E-state index in [9.17, 15) is 0 Å². The zero-order valence-electron chi connectivity index (χ0n) is 14.8. The van der Waals surface area contributed by atoms with E-state index in [1.165, 1.54) is 17.6 Å². The van der Waals surface area contributed by atoms with Crippen molar-refractivity contribution < 1.29 is 4.58 Å². The second-order valence-corrected chi connectivity index (χ2v) is 7.07. The van der Waals surface area contributed by atoms with E-state index in [4.69, 9.17) is 0 Å². The van der Waals surface area contributed by atoms with Crippen LogP contribution >= 0.6 is 0 Å². The second-order valence-electron chi connectivity index (χ2n) is 7.07. The molecule has 1 atom stereocenters. The predicted octanol–water partition coefficient (Wildman–Crippen LogP) is 2.68. The molecule has 130 valence electrons. The number of aromatic nitrogens is 3. The van der Waals surface area contributed by atoms with E-state index in [1.807, 2.05) is 12.3 Å². The highest BCUT2D eigenvalue weighted by atomic mass is 15.2. The normalized spacial score (nSPS) is 21.3. The van der Waals surface area contributed by atoms with Crippen LogP contribution in [0.2, 0.25) is 0 Å². The van der Waals surface area contributed by atoms with Crippen molar-refractivity contribution >= 4 is 29.3 Å². The smallest absolute Gasteiger partial charge is 0.176 e. The Labute approximate surface area is 152 Å². The molecule has 26 heavy (non-hydrogen) atoms. The van der Waals surface area contributed by atoms with E-state index in [0.717, 1.165) is 42.1 Å². The quantitative estimate of drug-likeness (QED) is 0.867. The van der Waals surface area contributed by atoms with E-state index >= 15 is 0 Å². The highest BCUT2D eigenvalue weighted by Gasteiger charge is 2.27. The zero-order chi connectivity index (χ0) is 17.5. The summed E-state index contributed by atoms with van der Waals surface area (Å²) in [5.41, 5.74) is 4.54. The number of H-pyrrole nitrogens is 1. The third-order valence-electron chi connectivity index (χ3n) is 5.25. The maximum absolute atomic E-state index is 4.48. The number of fused-ring (bicyclic) bond motifs is 2. The maximum Gasteiger partial charge on any atom is 0.176 e. The number of anilines is 1. The number of nitrogens with one attached hydrogen (secondary N) is 1. The van der Waals surface area contributed by atoms with Crippen molar-refractivity contribution in [1.82, 2.24) is 15.0 Å². The van der Waals surface area contributed by atoms with Gasteiger partial charge in [0, 0.05) is 31.4 Å². The monoisotopic (exact) mass is 345 g/mol. The zero-order valence-corrected chi connectivity index (χ0v) is 14.8. The highest BCUT2D eigenvalue weighted by Crippen LogP contribution is 2.31. The van der Waals surface area contributed by atoms with Crippen LogP contribution in [-0.4, -0.2) is 52.1 Å². The lowest BCUT2D eigenvalue weighted by molar-refractivity contribution is -0.457. The molecule has 2 aliphatic heterocycles. The summed E-state index contributed by atoms with van der Waals surface area (Å²) in [4.78, 5) is 18.4. The van der Waals surface area contributed by atoms with E-state index < -0.39 is 0 Å². The summed E-state index contributed by atoms with van der Waals surface area (Å²) in [6, 6.07) is 2.02. The summed E-state index contributed by atoms with van der Waals surface area (Å²) in [5, 5.41) is 1.03. The van der Waals surface area contributed by atoms with Crippen molar-refractivity contribution in [3.05, 3.63) is 53.8 Å². The molecular weight excluding hydrogens is 324 g/mol. The predicted molar refractivity (Wildman–Crippen MR) is 104 cm³/mol. The molecule has 0 fully saturated rings. The van der Waals surface area contributed by atoms with Gasteiger partial charge in [0.15, 0.2) is 19.0 Å². The summed E-state index contributed by atoms with van der Waals surface area (Å²) in [7, 11) is 2.05. The van der Waals surface area contributed by atoms with Crippen molar-refractivity contribution in [2.45, 2.75) is 12.8 Å². The van der Waals surface area contributed by atoms with Crippen molar-refractivity contribution in [1.29, 1.82) is 0 Å². The number of hydrogen-bond donors (Lipinski definition) is 1. The Morgan fingerprint density at radius 2 is 2.23 bits per heavy atom.